The molecule has 24 heavy (non-hydrogen) atoms. The van der Waals surface area contributed by atoms with Crippen molar-refractivity contribution < 1.29 is 29.3 Å². The van der Waals surface area contributed by atoms with Crippen molar-refractivity contribution in [3.8, 4) is 11.5 Å². The zero-order valence-corrected chi connectivity index (χ0v) is 13.3. The second-order valence-electron chi connectivity index (χ2n) is 5.24. The zero-order valence-electron chi connectivity index (χ0n) is 13.3. The second-order valence-corrected chi connectivity index (χ2v) is 5.24. The van der Waals surface area contributed by atoms with Gasteiger partial charge in [0.05, 0.1) is 0 Å². The van der Waals surface area contributed by atoms with Crippen LogP contribution in [0.15, 0.2) is 48.5 Å². The van der Waals surface area contributed by atoms with Crippen molar-refractivity contribution in [3.05, 3.63) is 59.7 Å². The van der Waals surface area contributed by atoms with Gasteiger partial charge in [0.25, 0.3) is 0 Å². The Kier molecular flexibility index (Phi) is 5.42. The van der Waals surface area contributed by atoms with Crippen LogP contribution in [0.25, 0.3) is 0 Å². The highest BCUT2D eigenvalue weighted by Crippen LogP contribution is 2.36. The van der Waals surface area contributed by atoms with Crippen molar-refractivity contribution in [2.45, 2.75) is 26.1 Å². The molecule has 0 amide bonds. The lowest BCUT2D eigenvalue weighted by Gasteiger charge is -2.27. The Hall–Kier alpha value is -3.02. The van der Waals surface area contributed by atoms with Gasteiger partial charge in [-0.05, 0) is 35.4 Å². The molecule has 6 nitrogen and oxygen atoms in total. The van der Waals surface area contributed by atoms with Gasteiger partial charge in [0.1, 0.15) is 11.5 Å². The molecule has 0 heterocycles. The van der Waals surface area contributed by atoms with E-state index in [1.807, 2.05) is 0 Å². The van der Waals surface area contributed by atoms with E-state index in [9.17, 15) is 19.8 Å². The van der Waals surface area contributed by atoms with Crippen molar-refractivity contribution in [3.63, 3.8) is 0 Å². The van der Waals surface area contributed by atoms with Gasteiger partial charge in [0.15, 0.2) is 12.2 Å². The van der Waals surface area contributed by atoms with Gasteiger partial charge in [-0.15, -0.1) is 0 Å². The standard InChI is InChI=1S/C18H18O6/c1-11(19)23-17(13-3-7-15(21)8-4-13)18(24-12(2)20)14-5-9-16(22)10-6-14/h3-10,17-18,21-22H,1-2H3. The van der Waals surface area contributed by atoms with Crippen LogP contribution in [-0.4, -0.2) is 22.2 Å². The summed E-state index contributed by atoms with van der Waals surface area (Å²) >= 11 is 0. The number of benzene rings is 2. The Morgan fingerprint density at radius 3 is 1.25 bits per heavy atom. The third kappa shape index (κ3) is 4.49. The van der Waals surface area contributed by atoms with Gasteiger partial charge in [0.2, 0.25) is 0 Å². The molecule has 0 bridgehead atoms. The van der Waals surface area contributed by atoms with Crippen LogP contribution in [0.5, 0.6) is 11.5 Å². The lowest BCUT2D eigenvalue weighted by atomic mass is 9.97. The molecule has 0 radical (unpaired) electrons. The van der Waals surface area contributed by atoms with Crippen molar-refractivity contribution in [2.24, 2.45) is 0 Å². The predicted octanol–water partition coefficient (Wildman–Crippen LogP) is 3.01. The van der Waals surface area contributed by atoms with E-state index in [1.54, 1.807) is 24.3 Å². The van der Waals surface area contributed by atoms with Gasteiger partial charge in [-0.3, -0.25) is 9.59 Å². The number of phenolic OH excluding ortho intramolecular Hbond substituents is 2. The average molecular weight is 330 g/mol. The Morgan fingerprint density at radius 2 is 1.00 bits per heavy atom. The summed E-state index contributed by atoms with van der Waals surface area (Å²) < 4.78 is 10.7. The molecule has 0 aliphatic heterocycles. The fourth-order valence-corrected chi connectivity index (χ4v) is 2.29. The fraction of sp³-hybridized carbons (Fsp3) is 0.222. The number of phenols is 2. The number of carbonyl (C=O) groups is 2. The number of hydrogen-bond acceptors (Lipinski definition) is 6. The van der Waals surface area contributed by atoms with Gasteiger partial charge < -0.3 is 19.7 Å². The molecule has 0 fully saturated rings. The quantitative estimate of drug-likeness (QED) is 0.819. The minimum absolute atomic E-state index is 0.0639. The molecule has 0 aliphatic rings. The first-order valence-corrected chi connectivity index (χ1v) is 7.29. The molecule has 2 aromatic rings. The molecule has 2 aromatic carbocycles. The van der Waals surface area contributed by atoms with Crippen molar-refractivity contribution in [1.29, 1.82) is 0 Å². The van der Waals surface area contributed by atoms with Gasteiger partial charge >= 0.3 is 11.9 Å². The van der Waals surface area contributed by atoms with E-state index in [0.29, 0.717) is 11.1 Å². The summed E-state index contributed by atoms with van der Waals surface area (Å²) in [6.45, 7) is 2.52. The number of aromatic hydroxyl groups is 2. The highest BCUT2D eigenvalue weighted by Gasteiger charge is 2.30. The molecular weight excluding hydrogens is 312 g/mol. The molecule has 126 valence electrons. The first-order valence-electron chi connectivity index (χ1n) is 7.29. The van der Waals surface area contributed by atoms with E-state index in [-0.39, 0.29) is 11.5 Å². The summed E-state index contributed by atoms with van der Waals surface area (Å²) in [6.07, 6.45) is -1.78. The topological polar surface area (TPSA) is 93.1 Å². The molecule has 0 aliphatic carbocycles. The first kappa shape index (κ1) is 17.3. The fourth-order valence-electron chi connectivity index (χ4n) is 2.29. The number of ether oxygens (including phenoxy) is 2. The normalized spacial score (nSPS) is 12.9. The summed E-state index contributed by atoms with van der Waals surface area (Å²) in [7, 11) is 0. The monoisotopic (exact) mass is 330 g/mol. The van der Waals surface area contributed by atoms with Crippen LogP contribution in [0.1, 0.15) is 37.2 Å². The smallest absolute Gasteiger partial charge is 0.303 e. The van der Waals surface area contributed by atoms with Gasteiger partial charge in [-0.1, -0.05) is 24.3 Å². The van der Waals surface area contributed by atoms with Crippen LogP contribution in [0, 0.1) is 0 Å². The molecule has 0 saturated heterocycles. The van der Waals surface area contributed by atoms with Crippen molar-refractivity contribution >= 4 is 11.9 Å². The lowest BCUT2D eigenvalue weighted by molar-refractivity contribution is -0.166. The van der Waals surface area contributed by atoms with E-state index < -0.39 is 24.1 Å². The molecule has 6 heteroatoms. The van der Waals surface area contributed by atoms with Crippen molar-refractivity contribution in [1.82, 2.24) is 0 Å². The van der Waals surface area contributed by atoms with Crippen LogP contribution < -0.4 is 0 Å². The predicted molar refractivity (Wildman–Crippen MR) is 85.2 cm³/mol. The maximum absolute atomic E-state index is 11.5. The number of rotatable bonds is 5. The van der Waals surface area contributed by atoms with E-state index >= 15 is 0 Å². The van der Waals surface area contributed by atoms with Crippen LogP contribution in [0.4, 0.5) is 0 Å². The van der Waals surface area contributed by atoms with Crippen molar-refractivity contribution in [2.75, 3.05) is 0 Å². The highest BCUT2D eigenvalue weighted by atomic mass is 16.6. The van der Waals surface area contributed by atoms with Gasteiger partial charge in [-0.2, -0.15) is 0 Å². The maximum Gasteiger partial charge on any atom is 0.303 e. The molecule has 0 saturated carbocycles. The summed E-state index contributed by atoms with van der Waals surface area (Å²) in [5.74, 6) is -0.948. The molecule has 2 N–H and O–H groups in total. The maximum atomic E-state index is 11.5. The second kappa shape index (κ2) is 7.50. The van der Waals surface area contributed by atoms with Crippen LogP contribution in [0.3, 0.4) is 0 Å². The van der Waals surface area contributed by atoms with Crippen LogP contribution in [0.2, 0.25) is 0 Å². The molecule has 2 rings (SSSR count). The molecule has 2 atom stereocenters. The molecular formula is C18H18O6. The van der Waals surface area contributed by atoms with Crippen LogP contribution >= 0.6 is 0 Å². The average Bonchev–Trinajstić information content (AvgIpc) is 2.52. The SMILES string of the molecule is CC(=O)OC(c1ccc(O)cc1)C(OC(C)=O)c1ccc(O)cc1. The van der Waals surface area contributed by atoms with Gasteiger partial charge in [0, 0.05) is 13.8 Å². The Labute approximate surface area is 139 Å². The largest absolute Gasteiger partial charge is 0.508 e. The zero-order chi connectivity index (χ0) is 17.7. The minimum atomic E-state index is -0.892. The summed E-state index contributed by atoms with van der Waals surface area (Å²) in [4.78, 5) is 23.0. The first-order chi connectivity index (χ1) is 11.4. The number of carbonyl (C=O) groups excluding carboxylic acids is 2. The third-order valence-corrected chi connectivity index (χ3v) is 3.30. The third-order valence-electron chi connectivity index (χ3n) is 3.30. The Morgan fingerprint density at radius 1 is 0.708 bits per heavy atom. The van der Waals surface area contributed by atoms with Crippen LogP contribution in [-0.2, 0) is 19.1 Å². The van der Waals surface area contributed by atoms with E-state index in [1.165, 1.54) is 38.1 Å². The van der Waals surface area contributed by atoms with E-state index in [0.717, 1.165) is 0 Å². The number of hydrogen-bond donors (Lipinski definition) is 2. The van der Waals surface area contributed by atoms with Gasteiger partial charge in [-0.25, -0.2) is 0 Å². The summed E-state index contributed by atoms with van der Waals surface area (Å²) in [5.41, 5.74) is 1.12. The molecule has 0 aromatic heterocycles. The highest BCUT2D eigenvalue weighted by molar-refractivity contribution is 5.68. The van der Waals surface area contributed by atoms with E-state index in [2.05, 4.69) is 0 Å². The Bertz CT molecular complexity index is 642. The number of esters is 2. The summed E-state index contributed by atoms with van der Waals surface area (Å²) in [5, 5.41) is 18.9. The minimum Gasteiger partial charge on any atom is -0.508 e. The van der Waals surface area contributed by atoms with E-state index in [4.69, 9.17) is 9.47 Å². The Balaban J connectivity index is 2.46. The molecule has 2 unspecified atom stereocenters. The lowest BCUT2D eigenvalue weighted by Crippen LogP contribution is -2.21. The molecule has 0 spiro atoms. The summed E-state index contributed by atoms with van der Waals surface area (Å²) in [6, 6.07) is 12.1.